The summed E-state index contributed by atoms with van der Waals surface area (Å²) < 4.78 is 13.9. The number of carbonyl (C=O) groups is 2. The summed E-state index contributed by atoms with van der Waals surface area (Å²) in [4.78, 5) is 25.3. The Morgan fingerprint density at radius 1 is 1.43 bits per heavy atom. The Bertz CT molecular complexity index is 576. The molecule has 114 valence electrons. The molecule has 1 amide bonds. The molecular formula is C15H18FNO3S. The second kappa shape index (κ2) is 6.05. The number of amides is 1. The summed E-state index contributed by atoms with van der Waals surface area (Å²) in [6.45, 7) is 5.62. The fraction of sp³-hybridized carbons (Fsp3) is 0.467. The Morgan fingerprint density at radius 3 is 2.67 bits per heavy atom. The van der Waals surface area contributed by atoms with Crippen LogP contribution in [0.15, 0.2) is 18.2 Å². The van der Waals surface area contributed by atoms with E-state index < -0.39 is 23.7 Å². The van der Waals surface area contributed by atoms with Crippen LogP contribution < -0.4 is 0 Å². The lowest BCUT2D eigenvalue weighted by molar-refractivity contribution is -0.141. The SMILES string of the molecule is Cc1ccc(F)c(C(=O)N2C(C(=O)O)CSC2C(C)C)c1. The van der Waals surface area contributed by atoms with E-state index in [1.54, 1.807) is 13.0 Å². The van der Waals surface area contributed by atoms with Gasteiger partial charge in [0.05, 0.1) is 10.9 Å². The molecule has 1 aliphatic rings. The Labute approximate surface area is 127 Å². The van der Waals surface area contributed by atoms with Gasteiger partial charge in [0.25, 0.3) is 5.91 Å². The van der Waals surface area contributed by atoms with Gasteiger partial charge < -0.3 is 10.0 Å². The van der Waals surface area contributed by atoms with Gasteiger partial charge in [-0.05, 0) is 25.0 Å². The molecule has 6 heteroatoms. The number of rotatable bonds is 3. The predicted octanol–water partition coefficient (Wildman–Crippen LogP) is 2.76. The molecule has 1 fully saturated rings. The van der Waals surface area contributed by atoms with Gasteiger partial charge in [-0.25, -0.2) is 9.18 Å². The van der Waals surface area contributed by atoms with Crippen molar-refractivity contribution in [3.8, 4) is 0 Å². The zero-order valence-electron chi connectivity index (χ0n) is 12.2. The van der Waals surface area contributed by atoms with Crippen LogP contribution in [-0.2, 0) is 4.79 Å². The summed E-state index contributed by atoms with van der Waals surface area (Å²) in [7, 11) is 0. The van der Waals surface area contributed by atoms with Crippen molar-refractivity contribution < 1.29 is 19.1 Å². The standard InChI is InChI=1S/C15H18FNO3S/c1-8(2)14-17(12(7-21-14)15(19)20)13(18)10-6-9(3)4-5-11(10)16/h4-6,8,12,14H,7H2,1-3H3,(H,19,20). The molecule has 0 radical (unpaired) electrons. The van der Waals surface area contributed by atoms with Crippen LogP contribution >= 0.6 is 11.8 Å². The van der Waals surface area contributed by atoms with Crippen LogP contribution in [0.5, 0.6) is 0 Å². The van der Waals surface area contributed by atoms with Crippen LogP contribution in [-0.4, -0.2) is 39.1 Å². The summed E-state index contributed by atoms with van der Waals surface area (Å²) in [6.07, 6.45) is 0. The predicted molar refractivity (Wildman–Crippen MR) is 79.8 cm³/mol. The second-order valence-corrected chi connectivity index (χ2v) is 6.67. The van der Waals surface area contributed by atoms with E-state index in [4.69, 9.17) is 0 Å². The number of hydrogen-bond donors (Lipinski definition) is 1. The Morgan fingerprint density at radius 2 is 2.10 bits per heavy atom. The minimum atomic E-state index is -1.05. The molecule has 1 heterocycles. The quantitative estimate of drug-likeness (QED) is 0.932. The van der Waals surface area contributed by atoms with E-state index in [0.29, 0.717) is 5.75 Å². The Balaban J connectivity index is 2.41. The molecule has 1 N–H and O–H groups in total. The molecule has 1 saturated heterocycles. The molecule has 1 aliphatic heterocycles. The van der Waals surface area contributed by atoms with Crippen molar-refractivity contribution in [2.45, 2.75) is 32.2 Å². The van der Waals surface area contributed by atoms with Crippen LogP contribution in [0.25, 0.3) is 0 Å². The number of benzene rings is 1. The van der Waals surface area contributed by atoms with Crippen molar-refractivity contribution >= 4 is 23.6 Å². The summed E-state index contributed by atoms with van der Waals surface area (Å²) in [5, 5.41) is 9.05. The zero-order chi connectivity index (χ0) is 15.7. The van der Waals surface area contributed by atoms with Crippen LogP contribution in [0.2, 0.25) is 0 Å². The highest BCUT2D eigenvalue weighted by Crippen LogP contribution is 2.35. The third-order valence-corrected chi connectivity index (χ3v) is 5.10. The maximum atomic E-state index is 13.9. The largest absolute Gasteiger partial charge is 0.480 e. The molecule has 0 aliphatic carbocycles. The van der Waals surface area contributed by atoms with E-state index in [9.17, 15) is 19.1 Å². The lowest BCUT2D eigenvalue weighted by Crippen LogP contribution is -2.47. The molecule has 1 aromatic rings. The number of halogens is 1. The van der Waals surface area contributed by atoms with Crippen LogP contribution in [0, 0.1) is 18.7 Å². The van der Waals surface area contributed by atoms with Crippen molar-refractivity contribution in [1.82, 2.24) is 4.90 Å². The molecule has 0 bridgehead atoms. The summed E-state index contributed by atoms with van der Waals surface area (Å²) >= 11 is 1.43. The highest BCUT2D eigenvalue weighted by Gasteiger charge is 2.43. The van der Waals surface area contributed by atoms with Gasteiger partial charge in [-0.1, -0.05) is 25.5 Å². The van der Waals surface area contributed by atoms with E-state index in [1.807, 2.05) is 13.8 Å². The molecular weight excluding hydrogens is 293 g/mol. The highest BCUT2D eigenvalue weighted by molar-refractivity contribution is 8.00. The Hall–Kier alpha value is -1.56. The Kier molecular flexibility index (Phi) is 4.56. The van der Waals surface area contributed by atoms with Crippen LogP contribution in [0.3, 0.4) is 0 Å². The number of aliphatic carboxylic acids is 1. The first-order chi connectivity index (χ1) is 9.82. The first kappa shape index (κ1) is 15.8. The van der Waals surface area contributed by atoms with Crippen molar-refractivity contribution in [2.75, 3.05) is 5.75 Å². The first-order valence-electron chi connectivity index (χ1n) is 6.76. The highest BCUT2D eigenvalue weighted by atomic mass is 32.2. The minimum absolute atomic E-state index is 0.0607. The summed E-state index contributed by atoms with van der Waals surface area (Å²) in [6, 6.07) is 3.39. The summed E-state index contributed by atoms with van der Waals surface area (Å²) in [5.41, 5.74) is 0.703. The van der Waals surface area contributed by atoms with Gasteiger partial charge in [0.1, 0.15) is 11.9 Å². The van der Waals surface area contributed by atoms with E-state index in [1.165, 1.54) is 28.8 Å². The molecule has 0 spiro atoms. The number of thioether (sulfide) groups is 1. The number of hydrogen-bond acceptors (Lipinski definition) is 3. The summed E-state index contributed by atoms with van der Waals surface area (Å²) in [5.74, 6) is -1.79. The maximum Gasteiger partial charge on any atom is 0.327 e. The van der Waals surface area contributed by atoms with Gasteiger partial charge in [0.15, 0.2) is 0 Å². The van der Waals surface area contributed by atoms with E-state index in [-0.39, 0.29) is 16.9 Å². The van der Waals surface area contributed by atoms with E-state index in [2.05, 4.69) is 0 Å². The van der Waals surface area contributed by atoms with Gasteiger partial charge >= 0.3 is 5.97 Å². The normalized spacial score (nSPS) is 21.9. The smallest absolute Gasteiger partial charge is 0.327 e. The topological polar surface area (TPSA) is 57.6 Å². The minimum Gasteiger partial charge on any atom is -0.480 e. The van der Waals surface area contributed by atoms with Crippen molar-refractivity contribution in [3.05, 3.63) is 35.1 Å². The molecule has 4 nitrogen and oxygen atoms in total. The molecule has 2 unspecified atom stereocenters. The fourth-order valence-electron chi connectivity index (χ4n) is 2.43. The molecule has 2 rings (SSSR count). The average Bonchev–Trinajstić information content (AvgIpc) is 2.85. The lowest BCUT2D eigenvalue weighted by atomic mass is 10.1. The van der Waals surface area contributed by atoms with Crippen LogP contribution in [0.1, 0.15) is 29.8 Å². The van der Waals surface area contributed by atoms with Gasteiger partial charge in [-0.2, -0.15) is 0 Å². The van der Waals surface area contributed by atoms with E-state index >= 15 is 0 Å². The molecule has 0 aromatic heterocycles. The monoisotopic (exact) mass is 311 g/mol. The molecule has 21 heavy (non-hydrogen) atoms. The third-order valence-electron chi connectivity index (χ3n) is 3.48. The third kappa shape index (κ3) is 3.05. The van der Waals surface area contributed by atoms with Gasteiger partial charge in [0.2, 0.25) is 0 Å². The molecule has 0 saturated carbocycles. The van der Waals surface area contributed by atoms with Crippen molar-refractivity contribution in [2.24, 2.45) is 5.92 Å². The number of carboxylic acids is 1. The van der Waals surface area contributed by atoms with Crippen molar-refractivity contribution in [1.29, 1.82) is 0 Å². The number of carboxylic acid groups (broad SMARTS) is 1. The fourth-order valence-corrected chi connectivity index (χ4v) is 3.90. The maximum absolute atomic E-state index is 13.9. The van der Waals surface area contributed by atoms with Crippen molar-refractivity contribution in [3.63, 3.8) is 0 Å². The lowest BCUT2D eigenvalue weighted by Gasteiger charge is -2.30. The van der Waals surface area contributed by atoms with Gasteiger partial charge in [-0.15, -0.1) is 11.8 Å². The van der Waals surface area contributed by atoms with Gasteiger partial charge in [-0.3, -0.25) is 4.79 Å². The second-order valence-electron chi connectivity index (χ2n) is 5.52. The number of nitrogens with zero attached hydrogens (tertiary/aromatic N) is 1. The average molecular weight is 311 g/mol. The number of carbonyl (C=O) groups excluding carboxylic acids is 1. The molecule has 1 aromatic carbocycles. The molecule has 2 atom stereocenters. The van der Waals surface area contributed by atoms with Crippen LogP contribution in [0.4, 0.5) is 4.39 Å². The number of aryl methyl sites for hydroxylation is 1. The van der Waals surface area contributed by atoms with E-state index in [0.717, 1.165) is 5.56 Å². The zero-order valence-corrected chi connectivity index (χ0v) is 13.0. The first-order valence-corrected chi connectivity index (χ1v) is 7.81. The van der Waals surface area contributed by atoms with Gasteiger partial charge in [0, 0.05) is 5.75 Å².